The third kappa shape index (κ3) is 3.60. The molecule has 5 rings (SSSR count). The molecular weight excluding hydrogens is 400 g/mol. The highest BCUT2D eigenvalue weighted by atomic mass is 35.5. The molecule has 7 nitrogen and oxygen atoms in total. The van der Waals surface area contributed by atoms with Crippen molar-refractivity contribution in [1.29, 1.82) is 0 Å². The van der Waals surface area contributed by atoms with Gasteiger partial charge in [0.1, 0.15) is 13.2 Å². The Balaban J connectivity index is 0.00000192. The van der Waals surface area contributed by atoms with Crippen LogP contribution < -0.4 is 14.8 Å². The fourth-order valence-corrected chi connectivity index (χ4v) is 4.29. The molecule has 0 spiro atoms. The molecule has 1 aromatic carbocycles. The number of halogens is 1. The van der Waals surface area contributed by atoms with E-state index in [9.17, 15) is 0 Å². The molecule has 1 atom stereocenters. The van der Waals surface area contributed by atoms with Gasteiger partial charge in [-0.25, -0.2) is 0 Å². The van der Waals surface area contributed by atoms with Crippen LogP contribution in [0.15, 0.2) is 34.9 Å². The average molecular weight is 421 g/mol. The number of likely N-dealkylation sites (N-methyl/N-ethyl adjacent to an activating group) is 1. The first-order valence-corrected chi connectivity index (χ1v) is 9.84. The Hall–Kier alpha value is -2.13. The van der Waals surface area contributed by atoms with E-state index in [-0.39, 0.29) is 18.4 Å². The number of ether oxygens (including phenoxy) is 2. The summed E-state index contributed by atoms with van der Waals surface area (Å²) in [5.74, 6) is 2.89. The van der Waals surface area contributed by atoms with Gasteiger partial charge >= 0.3 is 0 Å². The highest BCUT2D eigenvalue weighted by molar-refractivity contribution is 7.18. The third-order valence-corrected chi connectivity index (χ3v) is 6.02. The molecule has 148 valence electrons. The van der Waals surface area contributed by atoms with Crippen molar-refractivity contribution in [2.24, 2.45) is 0 Å². The van der Waals surface area contributed by atoms with Crippen LogP contribution in [0, 0.1) is 0 Å². The van der Waals surface area contributed by atoms with E-state index in [2.05, 4.69) is 33.5 Å². The third-order valence-electron chi connectivity index (χ3n) is 4.89. The number of hydrogen-bond donors (Lipinski definition) is 1. The lowest BCUT2D eigenvalue weighted by Crippen LogP contribution is -2.44. The van der Waals surface area contributed by atoms with Crippen molar-refractivity contribution in [3.8, 4) is 32.7 Å². The van der Waals surface area contributed by atoms with E-state index in [0.29, 0.717) is 19.1 Å². The first kappa shape index (κ1) is 19.2. The topological polar surface area (TPSA) is 72.7 Å². The SMILES string of the molecule is CN1CCNCC1c1noc(-c2ccc(-c3ccc4c(c3)OCCO4)s2)n1.Cl. The monoisotopic (exact) mass is 420 g/mol. The molecule has 1 N–H and O–H groups in total. The number of rotatable bonds is 3. The Labute approximate surface area is 173 Å². The molecule has 2 aliphatic rings. The molecule has 1 saturated heterocycles. The second-order valence-electron chi connectivity index (χ2n) is 6.68. The number of nitrogens with zero attached hydrogens (tertiary/aromatic N) is 3. The van der Waals surface area contributed by atoms with Gasteiger partial charge in [-0.15, -0.1) is 23.7 Å². The number of piperazine rings is 1. The zero-order valence-electron chi connectivity index (χ0n) is 15.4. The fourth-order valence-electron chi connectivity index (χ4n) is 3.37. The van der Waals surface area contributed by atoms with Crippen molar-refractivity contribution < 1.29 is 14.0 Å². The Bertz CT molecular complexity index is 960. The van der Waals surface area contributed by atoms with Crippen molar-refractivity contribution in [1.82, 2.24) is 20.4 Å². The molecule has 0 bridgehead atoms. The summed E-state index contributed by atoms with van der Waals surface area (Å²) in [5.41, 5.74) is 1.09. The molecule has 9 heteroatoms. The first-order valence-electron chi connectivity index (χ1n) is 9.03. The Kier molecular flexibility index (Phi) is 5.54. The second kappa shape index (κ2) is 8.08. The molecule has 2 aromatic heterocycles. The largest absolute Gasteiger partial charge is 0.486 e. The van der Waals surface area contributed by atoms with E-state index >= 15 is 0 Å². The van der Waals surface area contributed by atoms with Crippen molar-refractivity contribution in [3.63, 3.8) is 0 Å². The van der Waals surface area contributed by atoms with Crippen molar-refractivity contribution >= 4 is 23.7 Å². The quantitative estimate of drug-likeness (QED) is 0.697. The Morgan fingerprint density at radius 2 is 1.93 bits per heavy atom. The maximum absolute atomic E-state index is 5.69. The van der Waals surface area contributed by atoms with Crippen LogP contribution in [0.2, 0.25) is 0 Å². The van der Waals surface area contributed by atoms with Gasteiger partial charge in [-0.3, -0.25) is 4.90 Å². The molecule has 0 amide bonds. The van der Waals surface area contributed by atoms with Crippen molar-refractivity contribution in [2.45, 2.75) is 6.04 Å². The smallest absolute Gasteiger partial charge is 0.268 e. The molecular formula is C19H21ClN4O3S. The number of benzene rings is 1. The van der Waals surface area contributed by atoms with Gasteiger partial charge in [-0.05, 0) is 42.9 Å². The standard InChI is InChI=1S/C19H20N4O3S.ClH/c1-23-7-6-20-11-13(23)18-21-19(26-22-18)17-5-4-16(27-17)12-2-3-14-15(10-12)25-9-8-24-14;/h2-5,10,13,20H,6-9,11H2,1H3;1H. The van der Waals surface area contributed by atoms with Crippen LogP contribution in [0.3, 0.4) is 0 Å². The minimum absolute atomic E-state index is 0. The van der Waals surface area contributed by atoms with E-state index in [4.69, 9.17) is 14.0 Å². The fraction of sp³-hybridized carbons (Fsp3) is 0.368. The van der Waals surface area contributed by atoms with Crippen LogP contribution in [0.4, 0.5) is 0 Å². The lowest BCUT2D eigenvalue weighted by Gasteiger charge is -2.30. The van der Waals surface area contributed by atoms with Crippen LogP contribution in [0.25, 0.3) is 21.2 Å². The lowest BCUT2D eigenvalue weighted by molar-refractivity contribution is 0.171. The van der Waals surface area contributed by atoms with Gasteiger partial charge in [0.2, 0.25) is 0 Å². The predicted octanol–water partition coefficient (Wildman–Crippen LogP) is 3.23. The Morgan fingerprint density at radius 1 is 1.11 bits per heavy atom. The van der Waals surface area contributed by atoms with Crippen LogP contribution in [-0.2, 0) is 0 Å². The highest BCUT2D eigenvalue weighted by Gasteiger charge is 2.26. The number of thiophene rings is 1. The number of hydrogen-bond acceptors (Lipinski definition) is 8. The van der Waals surface area contributed by atoms with Crippen LogP contribution >= 0.6 is 23.7 Å². The zero-order chi connectivity index (χ0) is 18.2. The average Bonchev–Trinajstić information content (AvgIpc) is 3.38. The van der Waals surface area contributed by atoms with E-state index in [1.165, 1.54) is 0 Å². The molecule has 0 saturated carbocycles. The summed E-state index contributed by atoms with van der Waals surface area (Å²) in [7, 11) is 2.09. The number of nitrogens with one attached hydrogen (secondary N) is 1. The van der Waals surface area contributed by atoms with Gasteiger partial charge in [0.15, 0.2) is 17.3 Å². The molecule has 3 aromatic rings. The molecule has 1 fully saturated rings. The minimum atomic E-state index is 0. The highest BCUT2D eigenvalue weighted by Crippen LogP contribution is 2.39. The summed E-state index contributed by atoms with van der Waals surface area (Å²) in [6.07, 6.45) is 0. The zero-order valence-corrected chi connectivity index (χ0v) is 17.0. The van der Waals surface area contributed by atoms with E-state index in [1.54, 1.807) is 11.3 Å². The van der Waals surface area contributed by atoms with Crippen LogP contribution in [0.5, 0.6) is 11.5 Å². The lowest BCUT2D eigenvalue weighted by atomic mass is 10.1. The van der Waals surface area contributed by atoms with E-state index in [0.717, 1.165) is 52.3 Å². The van der Waals surface area contributed by atoms with E-state index < -0.39 is 0 Å². The molecule has 1 unspecified atom stereocenters. The molecule has 0 aliphatic carbocycles. The molecule has 4 heterocycles. The van der Waals surface area contributed by atoms with Gasteiger partial charge < -0.3 is 19.3 Å². The summed E-state index contributed by atoms with van der Waals surface area (Å²) < 4.78 is 16.8. The summed E-state index contributed by atoms with van der Waals surface area (Å²) in [6.45, 7) is 3.98. The summed E-state index contributed by atoms with van der Waals surface area (Å²) in [4.78, 5) is 8.97. The minimum Gasteiger partial charge on any atom is -0.486 e. The Morgan fingerprint density at radius 3 is 2.79 bits per heavy atom. The second-order valence-corrected chi connectivity index (χ2v) is 7.76. The summed E-state index contributed by atoms with van der Waals surface area (Å²) in [6, 6.07) is 10.3. The normalized spacial score (nSPS) is 19.2. The maximum atomic E-state index is 5.69. The summed E-state index contributed by atoms with van der Waals surface area (Å²) >= 11 is 1.63. The predicted molar refractivity (Wildman–Crippen MR) is 110 cm³/mol. The molecule has 0 radical (unpaired) electrons. The van der Waals surface area contributed by atoms with Crippen LogP contribution in [0.1, 0.15) is 11.9 Å². The first-order chi connectivity index (χ1) is 13.3. The van der Waals surface area contributed by atoms with Gasteiger partial charge in [0.25, 0.3) is 5.89 Å². The molecule has 28 heavy (non-hydrogen) atoms. The maximum Gasteiger partial charge on any atom is 0.268 e. The molecule has 2 aliphatic heterocycles. The van der Waals surface area contributed by atoms with Gasteiger partial charge in [0.05, 0.1) is 10.9 Å². The van der Waals surface area contributed by atoms with Gasteiger partial charge in [-0.1, -0.05) is 5.16 Å². The van der Waals surface area contributed by atoms with Gasteiger partial charge in [-0.2, -0.15) is 4.98 Å². The summed E-state index contributed by atoms with van der Waals surface area (Å²) in [5, 5.41) is 7.59. The van der Waals surface area contributed by atoms with Gasteiger partial charge in [0, 0.05) is 24.5 Å². The van der Waals surface area contributed by atoms with Crippen LogP contribution in [-0.4, -0.2) is 54.9 Å². The van der Waals surface area contributed by atoms with Crippen molar-refractivity contribution in [3.05, 3.63) is 36.2 Å². The number of fused-ring (bicyclic) bond motifs is 1. The van der Waals surface area contributed by atoms with Crippen molar-refractivity contribution in [2.75, 3.05) is 39.9 Å². The number of aromatic nitrogens is 2. The van der Waals surface area contributed by atoms with E-state index in [1.807, 2.05) is 24.3 Å².